The molecule has 2 aliphatic rings. The number of phenolic OH excluding ortho intramolecular Hbond substituents is 2. The van der Waals surface area contributed by atoms with Crippen molar-refractivity contribution in [1.82, 2.24) is 0 Å². The summed E-state index contributed by atoms with van der Waals surface area (Å²) in [6.45, 7) is 1.76. The molecule has 0 radical (unpaired) electrons. The van der Waals surface area contributed by atoms with Crippen LogP contribution in [0, 0.1) is 0 Å². The second kappa shape index (κ2) is 10.8. The summed E-state index contributed by atoms with van der Waals surface area (Å²) >= 11 is 0. The first-order valence-corrected chi connectivity index (χ1v) is 12.1. The Kier molecular flexibility index (Phi) is 7.62. The van der Waals surface area contributed by atoms with E-state index >= 15 is 0 Å². The first kappa shape index (κ1) is 25.3. The van der Waals surface area contributed by atoms with E-state index in [9.17, 15) is 24.6 Å². The van der Waals surface area contributed by atoms with Crippen molar-refractivity contribution >= 4 is 23.8 Å². The lowest BCUT2D eigenvalue weighted by atomic mass is 9.83. The quantitative estimate of drug-likeness (QED) is 0.441. The number of carbonyl (C=O) groups excluding carboxylic acids is 3. The fourth-order valence-corrected chi connectivity index (χ4v) is 4.71. The topological polar surface area (TPSA) is 119 Å². The second-order valence-electron chi connectivity index (χ2n) is 9.20. The molecule has 2 aromatic carbocycles. The molecule has 2 aliphatic heterocycles. The molecule has 36 heavy (non-hydrogen) atoms. The lowest BCUT2D eigenvalue weighted by Crippen LogP contribution is -2.23. The number of methoxy groups -OCH3 is 1. The number of allylic oxidation sites excluding steroid dienone is 1. The predicted molar refractivity (Wildman–Crippen MR) is 131 cm³/mol. The van der Waals surface area contributed by atoms with Gasteiger partial charge in [-0.15, -0.1) is 0 Å². The van der Waals surface area contributed by atoms with Gasteiger partial charge in [0.05, 0.1) is 19.6 Å². The van der Waals surface area contributed by atoms with Gasteiger partial charge in [-0.05, 0) is 61.9 Å². The lowest BCUT2D eigenvalue weighted by Gasteiger charge is -2.28. The molecule has 0 spiro atoms. The molecule has 2 heterocycles. The molecule has 8 nitrogen and oxygen atoms in total. The maximum Gasteiger partial charge on any atom is 0.342 e. The third-order valence-corrected chi connectivity index (χ3v) is 6.58. The van der Waals surface area contributed by atoms with Crippen LogP contribution in [0.5, 0.6) is 23.0 Å². The highest BCUT2D eigenvalue weighted by molar-refractivity contribution is 5.98. The molecular weight excluding hydrogens is 464 g/mol. The molecule has 0 aromatic heterocycles. The molecule has 0 aliphatic carbocycles. The van der Waals surface area contributed by atoms with Gasteiger partial charge >= 0.3 is 11.9 Å². The Balaban J connectivity index is 1.82. The number of cyclic esters (lactones) is 1. The zero-order chi connectivity index (χ0) is 25.8. The number of fused-ring (bicyclic) bond motifs is 2. The summed E-state index contributed by atoms with van der Waals surface area (Å²) in [4.78, 5) is 37.8. The first-order valence-electron chi connectivity index (χ1n) is 12.1. The molecule has 0 saturated heterocycles. The fraction of sp³-hybridized carbons (Fsp3) is 0.393. The number of hydrogen-bond donors (Lipinski definition) is 2. The van der Waals surface area contributed by atoms with E-state index in [1.165, 1.54) is 13.2 Å². The Bertz CT molecular complexity index is 1210. The van der Waals surface area contributed by atoms with Gasteiger partial charge in [0.15, 0.2) is 11.5 Å². The summed E-state index contributed by atoms with van der Waals surface area (Å²) < 4.78 is 16.3. The normalized spacial score (nSPS) is 21.0. The lowest BCUT2D eigenvalue weighted by molar-refractivity contribution is -0.135. The second-order valence-corrected chi connectivity index (χ2v) is 9.20. The largest absolute Gasteiger partial charge is 0.507 e. The standard InChI is InChI=1S/C28H30O8/c1-16-7-6-10-19(29)9-5-3-4-8-18-14-23-26(27(32)25(18)28(33)35-16)20(15-24(31)36-23)17-11-12-21(30)22(13-17)34-2/h4,8,11-14,16,20,30,32H,3,5-7,9-10,15H2,1-2H3/t16-,20+/m1/s1. The van der Waals surface area contributed by atoms with Crippen LogP contribution in [0.2, 0.25) is 0 Å². The minimum absolute atomic E-state index is 0.00122. The van der Waals surface area contributed by atoms with Gasteiger partial charge in [0.25, 0.3) is 0 Å². The summed E-state index contributed by atoms with van der Waals surface area (Å²) in [5, 5.41) is 21.4. The summed E-state index contributed by atoms with van der Waals surface area (Å²) in [7, 11) is 1.42. The number of rotatable bonds is 2. The average molecular weight is 495 g/mol. The predicted octanol–water partition coefficient (Wildman–Crippen LogP) is 5.03. The van der Waals surface area contributed by atoms with Gasteiger partial charge in [0, 0.05) is 24.3 Å². The van der Waals surface area contributed by atoms with E-state index in [1.807, 2.05) is 6.08 Å². The van der Waals surface area contributed by atoms with Crippen LogP contribution in [-0.2, 0) is 14.3 Å². The zero-order valence-electron chi connectivity index (χ0n) is 20.4. The molecule has 0 fully saturated rings. The van der Waals surface area contributed by atoms with Crippen molar-refractivity contribution in [3.05, 3.63) is 52.6 Å². The number of ketones is 1. The number of phenols is 2. The van der Waals surface area contributed by atoms with E-state index < -0.39 is 24.0 Å². The molecule has 2 atom stereocenters. The third kappa shape index (κ3) is 5.37. The Hall–Kier alpha value is -3.81. The van der Waals surface area contributed by atoms with E-state index in [2.05, 4.69) is 0 Å². The van der Waals surface area contributed by atoms with Gasteiger partial charge < -0.3 is 24.4 Å². The molecule has 4 rings (SSSR count). The van der Waals surface area contributed by atoms with E-state index in [-0.39, 0.29) is 40.8 Å². The Labute approximate surface area is 209 Å². The summed E-state index contributed by atoms with van der Waals surface area (Å²) in [5.74, 6) is -1.61. The monoisotopic (exact) mass is 494 g/mol. The van der Waals surface area contributed by atoms with Crippen molar-refractivity contribution in [2.45, 2.75) is 63.9 Å². The van der Waals surface area contributed by atoms with Gasteiger partial charge in [-0.25, -0.2) is 4.79 Å². The molecule has 190 valence electrons. The number of benzene rings is 2. The van der Waals surface area contributed by atoms with E-state index in [0.717, 1.165) is 0 Å². The Morgan fingerprint density at radius 3 is 2.61 bits per heavy atom. The number of carbonyl (C=O) groups is 3. The fourth-order valence-electron chi connectivity index (χ4n) is 4.71. The van der Waals surface area contributed by atoms with Gasteiger partial charge in [0.1, 0.15) is 22.8 Å². The molecule has 2 N–H and O–H groups in total. The molecule has 0 bridgehead atoms. The Morgan fingerprint density at radius 1 is 1.06 bits per heavy atom. The SMILES string of the molecule is COc1cc([C@@H]2CC(=O)Oc3cc4c(c(O)c32)C(=O)O[C@H](C)CCCC(=O)CCCC=C4)ccc1O. The number of esters is 2. The summed E-state index contributed by atoms with van der Waals surface area (Å²) in [6.07, 6.45) is 6.37. The van der Waals surface area contributed by atoms with Crippen molar-refractivity contribution in [2.24, 2.45) is 0 Å². The van der Waals surface area contributed by atoms with Gasteiger partial charge in [-0.2, -0.15) is 0 Å². The van der Waals surface area contributed by atoms with Crippen LogP contribution in [0.15, 0.2) is 30.3 Å². The Morgan fingerprint density at radius 2 is 1.83 bits per heavy atom. The number of aromatic hydroxyl groups is 2. The molecular formula is C28H30O8. The minimum atomic E-state index is -0.690. The van der Waals surface area contributed by atoms with Crippen LogP contribution >= 0.6 is 0 Å². The smallest absolute Gasteiger partial charge is 0.342 e. The molecule has 0 unspecified atom stereocenters. The molecule has 0 amide bonds. The van der Waals surface area contributed by atoms with Crippen LogP contribution < -0.4 is 9.47 Å². The van der Waals surface area contributed by atoms with Crippen LogP contribution in [0.4, 0.5) is 0 Å². The van der Waals surface area contributed by atoms with Crippen LogP contribution in [0.25, 0.3) is 6.08 Å². The van der Waals surface area contributed by atoms with Crippen molar-refractivity contribution in [3.8, 4) is 23.0 Å². The van der Waals surface area contributed by atoms with Crippen LogP contribution in [0.1, 0.15) is 84.8 Å². The zero-order valence-corrected chi connectivity index (χ0v) is 20.4. The average Bonchev–Trinajstić information content (AvgIpc) is 2.82. The first-order chi connectivity index (χ1) is 17.3. The van der Waals surface area contributed by atoms with Crippen molar-refractivity contribution in [1.29, 1.82) is 0 Å². The highest BCUT2D eigenvalue weighted by atomic mass is 16.5. The number of ether oxygens (including phenoxy) is 3. The van der Waals surface area contributed by atoms with E-state index in [0.29, 0.717) is 55.2 Å². The highest BCUT2D eigenvalue weighted by Crippen LogP contribution is 2.48. The third-order valence-electron chi connectivity index (χ3n) is 6.58. The maximum atomic E-state index is 13.3. The van der Waals surface area contributed by atoms with Crippen molar-refractivity contribution in [2.75, 3.05) is 7.11 Å². The van der Waals surface area contributed by atoms with Crippen LogP contribution in [0.3, 0.4) is 0 Å². The molecule has 8 heteroatoms. The van der Waals surface area contributed by atoms with Crippen molar-refractivity contribution in [3.63, 3.8) is 0 Å². The number of Topliss-reactive ketones (excluding diaryl/α,β-unsaturated/α-hetero) is 1. The minimum Gasteiger partial charge on any atom is -0.507 e. The molecule has 0 saturated carbocycles. The van der Waals surface area contributed by atoms with E-state index in [1.54, 1.807) is 31.2 Å². The summed E-state index contributed by atoms with van der Waals surface area (Å²) in [5.41, 5.74) is 1.27. The van der Waals surface area contributed by atoms with E-state index in [4.69, 9.17) is 14.2 Å². The maximum absolute atomic E-state index is 13.3. The van der Waals surface area contributed by atoms with Crippen LogP contribution in [-0.4, -0.2) is 41.1 Å². The van der Waals surface area contributed by atoms with Gasteiger partial charge in [-0.3, -0.25) is 9.59 Å². The number of hydrogen-bond acceptors (Lipinski definition) is 8. The summed E-state index contributed by atoms with van der Waals surface area (Å²) in [6, 6.07) is 6.24. The van der Waals surface area contributed by atoms with Gasteiger partial charge in [0.2, 0.25) is 0 Å². The molecule has 2 aromatic rings. The van der Waals surface area contributed by atoms with Crippen molar-refractivity contribution < 1.29 is 38.8 Å². The van der Waals surface area contributed by atoms with Gasteiger partial charge in [-0.1, -0.05) is 18.2 Å². The highest BCUT2D eigenvalue weighted by Gasteiger charge is 2.35.